The molecule has 3 rings (SSSR count). The molecule has 2 atom stereocenters. The third-order valence-corrected chi connectivity index (χ3v) is 5.55. The summed E-state index contributed by atoms with van der Waals surface area (Å²) in [6, 6.07) is 14.5. The SMILES string of the molecule is CC[C@H](CC(=O)O)NC(=O)C(COC)NC(=O)OCC1c2ccccc2-c2ccccc21. The number of rotatable bonds is 10. The lowest BCUT2D eigenvalue weighted by molar-refractivity contribution is -0.137. The molecule has 0 saturated heterocycles. The topological polar surface area (TPSA) is 114 Å². The fourth-order valence-electron chi connectivity index (χ4n) is 3.94. The molecule has 0 fully saturated rings. The molecular weight excluding hydrogens is 412 g/mol. The van der Waals surface area contributed by atoms with Crippen molar-refractivity contribution in [3.05, 3.63) is 59.7 Å². The molecular formula is C24H28N2O6. The summed E-state index contributed by atoms with van der Waals surface area (Å²) in [6.45, 7) is 1.83. The highest BCUT2D eigenvalue weighted by Gasteiger charge is 2.30. The number of hydrogen-bond acceptors (Lipinski definition) is 5. The Kier molecular flexibility index (Phi) is 7.83. The Bertz CT molecular complexity index is 931. The number of ether oxygens (including phenoxy) is 2. The van der Waals surface area contributed by atoms with Crippen LogP contribution in [0.2, 0.25) is 0 Å². The van der Waals surface area contributed by atoms with E-state index in [1.165, 1.54) is 7.11 Å². The van der Waals surface area contributed by atoms with Gasteiger partial charge in [-0.15, -0.1) is 0 Å². The van der Waals surface area contributed by atoms with Crippen LogP contribution >= 0.6 is 0 Å². The Morgan fingerprint density at radius 2 is 1.59 bits per heavy atom. The van der Waals surface area contributed by atoms with Crippen LogP contribution in [0.15, 0.2) is 48.5 Å². The second-order valence-corrected chi connectivity index (χ2v) is 7.69. The Morgan fingerprint density at radius 1 is 1.00 bits per heavy atom. The zero-order valence-electron chi connectivity index (χ0n) is 18.2. The van der Waals surface area contributed by atoms with E-state index in [1.807, 2.05) is 36.4 Å². The van der Waals surface area contributed by atoms with E-state index in [-0.39, 0.29) is 25.6 Å². The van der Waals surface area contributed by atoms with Gasteiger partial charge in [-0.3, -0.25) is 9.59 Å². The van der Waals surface area contributed by atoms with Crippen LogP contribution in [0.25, 0.3) is 11.1 Å². The van der Waals surface area contributed by atoms with Crippen LogP contribution in [0.4, 0.5) is 4.79 Å². The van der Waals surface area contributed by atoms with Crippen molar-refractivity contribution in [3.8, 4) is 11.1 Å². The largest absolute Gasteiger partial charge is 0.481 e. The van der Waals surface area contributed by atoms with E-state index in [4.69, 9.17) is 14.6 Å². The average Bonchev–Trinajstić information content (AvgIpc) is 3.10. The number of methoxy groups -OCH3 is 1. The number of fused-ring (bicyclic) bond motifs is 3. The minimum atomic E-state index is -1.01. The van der Waals surface area contributed by atoms with Crippen LogP contribution < -0.4 is 10.6 Å². The van der Waals surface area contributed by atoms with Gasteiger partial charge in [0.05, 0.1) is 13.0 Å². The minimum Gasteiger partial charge on any atom is -0.481 e. The van der Waals surface area contributed by atoms with Crippen LogP contribution in [-0.2, 0) is 19.1 Å². The zero-order valence-corrected chi connectivity index (χ0v) is 18.2. The quantitative estimate of drug-likeness (QED) is 0.524. The number of carbonyl (C=O) groups excluding carboxylic acids is 2. The predicted molar refractivity (Wildman–Crippen MR) is 118 cm³/mol. The van der Waals surface area contributed by atoms with Gasteiger partial charge in [0.25, 0.3) is 0 Å². The number of aliphatic carboxylic acids is 1. The van der Waals surface area contributed by atoms with Crippen molar-refractivity contribution in [1.82, 2.24) is 10.6 Å². The smallest absolute Gasteiger partial charge is 0.407 e. The highest BCUT2D eigenvalue weighted by molar-refractivity contribution is 5.86. The number of hydrogen-bond donors (Lipinski definition) is 3. The molecule has 3 N–H and O–H groups in total. The van der Waals surface area contributed by atoms with Gasteiger partial charge < -0.3 is 25.2 Å². The molecule has 0 aromatic heterocycles. The summed E-state index contributed by atoms with van der Waals surface area (Å²) in [5.74, 6) is -1.62. The molecule has 1 unspecified atom stereocenters. The number of carbonyl (C=O) groups is 3. The number of benzene rings is 2. The van der Waals surface area contributed by atoms with Crippen LogP contribution in [-0.4, -0.2) is 55.5 Å². The van der Waals surface area contributed by atoms with Crippen molar-refractivity contribution in [2.75, 3.05) is 20.3 Å². The van der Waals surface area contributed by atoms with Crippen molar-refractivity contribution in [2.24, 2.45) is 0 Å². The summed E-state index contributed by atoms with van der Waals surface area (Å²) in [5, 5.41) is 14.1. The molecule has 8 heteroatoms. The van der Waals surface area contributed by atoms with E-state index in [2.05, 4.69) is 22.8 Å². The first kappa shape index (κ1) is 23.3. The van der Waals surface area contributed by atoms with Gasteiger partial charge in [0, 0.05) is 19.1 Å². The average molecular weight is 440 g/mol. The molecule has 1 aliphatic rings. The van der Waals surface area contributed by atoms with E-state index >= 15 is 0 Å². The maximum Gasteiger partial charge on any atom is 0.407 e. The van der Waals surface area contributed by atoms with Crippen molar-refractivity contribution in [1.29, 1.82) is 0 Å². The van der Waals surface area contributed by atoms with Crippen molar-refractivity contribution in [2.45, 2.75) is 37.8 Å². The van der Waals surface area contributed by atoms with Gasteiger partial charge in [0.2, 0.25) is 5.91 Å². The predicted octanol–water partition coefficient (Wildman–Crippen LogP) is 2.91. The Labute approximate surface area is 186 Å². The molecule has 0 spiro atoms. The Hall–Kier alpha value is -3.39. The fraction of sp³-hybridized carbons (Fsp3) is 0.375. The lowest BCUT2D eigenvalue weighted by Crippen LogP contribution is -2.52. The van der Waals surface area contributed by atoms with Crippen LogP contribution in [0, 0.1) is 0 Å². The zero-order chi connectivity index (χ0) is 23.1. The van der Waals surface area contributed by atoms with E-state index in [0.717, 1.165) is 22.3 Å². The third kappa shape index (κ3) is 5.45. The van der Waals surface area contributed by atoms with E-state index in [9.17, 15) is 14.4 Å². The van der Waals surface area contributed by atoms with Crippen molar-refractivity contribution in [3.63, 3.8) is 0 Å². The molecule has 0 saturated carbocycles. The third-order valence-electron chi connectivity index (χ3n) is 5.55. The normalized spacial score (nSPS) is 14.1. The molecule has 8 nitrogen and oxygen atoms in total. The van der Waals surface area contributed by atoms with Gasteiger partial charge in [0.15, 0.2) is 0 Å². The highest BCUT2D eigenvalue weighted by atomic mass is 16.5. The first-order valence-electron chi connectivity index (χ1n) is 10.6. The second kappa shape index (κ2) is 10.8. The van der Waals surface area contributed by atoms with Gasteiger partial charge in [0.1, 0.15) is 12.6 Å². The molecule has 2 aromatic rings. The summed E-state index contributed by atoms with van der Waals surface area (Å²) in [5.41, 5.74) is 4.43. The summed E-state index contributed by atoms with van der Waals surface area (Å²) in [7, 11) is 1.41. The summed E-state index contributed by atoms with van der Waals surface area (Å²) in [4.78, 5) is 36.0. The number of alkyl carbamates (subject to hydrolysis) is 1. The Morgan fingerprint density at radius 3 is 2.12 bits per heavy atom. The van der Waals surface area contributed by atoms with E-state index in [0.29, 0.717) is 6.42 Å². The second-order valence-electron chi connectivity index (χ2n) is 7.69. The molecule has 1 aliphatic carbocycles. The van der Waals surface area contributed by atoms with Crippen LogP contribution in [0.5, 0.6) is 0 Å². The maximum absolute atomic E-state index is 12.6. The number of nitrogens with one attached hydrogen (secondary N) is 2. The first-order valence-corrected chi connectivity index (χ1v) is 10.6. The van der Waals surface area contributed by atoms with Crippen LogP contribution in [0.1, 0.15) is 36.8 Å². The van der Waals surface area contributed by atoms with Gasteiger partial charge in [-0.25, -0.2) is 4.79 Å². The standard InChI is InChI=1S/C24H28N2O6/c1-3-15(12-22(27)28)25-23(29)21(14-31-2)26-24(30)32-13-20-18-10-6-4-8-16(18)17-9-5-7-11-19(17)20/h4-11,15,20-21H,3,12-14H2,1-2H3,(H,25,29)(H,26,30)(H,27,28)/t15-,21?/m1/s1. The minimum absolute atomic E-state index is 0.0699. The van der Waals surface area contributed by atoms with Gasteiger partial charge in [-0.1, -0.05) is 55.5 Å². The molecule has 170 valence electrons. The summed E-state index contributed by atoms with van der Waals surface area (Å²) < 4.78 is 10.5. The number of carboxylic acids is 1. The molecule has 0 aliphatic heterocycles. The van der Waals surface area contributed by atoms with E-state index in [1.54, 1.807) is 6.92 Å². The van der Waals surface area contributed by atoms with Crippen molar-refractivity contribution >= 4 is 18.0 Å². The van der Waals surface area contributed by atoms with Gasteiger partial charge in [-0.2, -0.15) is 0 Å². The van der Waals surface area contributed by atoms with Crippen LogP contribution in [0.3, 0.4) is 0 Å². The molecule has 0 heterocycles. The van der Waals surface area contributed by atoms with Gasteiger partial charge in [-0.05, 0) is 28.7 Å². The van der Waals surface area contributed by atoms with Crippen molar-refractivity contribution < 1.29 is 29.0 Å². The first-order chi connectivity index (χ1) is 15.4. The molecule has 0 bridgehead atoms. The Balaban J connectivity index is 1.62. The molecule has 2 amide bonds. The summed E-state index contributed by atoms with van der Waals surface area (Å²) >= 11 is 0. The monoisotopic (exact) mass is 440 g/mol. The molecule has 32 heavy (non-hydrogen) atoms. The number of carboxylic acid groups (broad SMARTS) is 1. The number of amides is 2. The molecule has 2 aromatic carbocycles. The van der Waals surface area contributed by atoms with E-state index < -0.39 is 30.1 Å². The maximum atomic E-state index is 12.6. The summed E-state index contributed by atoms with van der Waals surface area (Å²) in [6.07, 6.45) is -0.495. The lowest BCUT2D eigenvalue weighted by Gasteiger charge is -2.22. The highest BCUT2D eigenvalue weighted by Crippen LogP contribution is 2.44. The lowest BCUT2D eigenvalue weighted by atomic mass is 9.98. The fourth-order valence-corrected chi connectivity index (χ4v) is 3.94. The molecule has 0 radical (unpaired) electrons. The van der Waals surface area contributed by atoms with Gasteiger partial charge >= 0.3 is 12.1 Å².